The standard InChI is InChI=1S/C28H28N2O5/c1-17(2)25(26(31)29-15-18-8-7-9-19(14-18)27(32)33)30-28(34)35-16-24-22-12-5-3-10-20(22)21-11-4-6-13-23(21)24/h3-14,17,24-25H,15-16H2,1-2H3,(H,29,31)(H,30,34)(H,32,33)/t25-/m1/s1. The van der Waals surface area contributed by atoms with Gasteiger partial charge in [-0.1, -0.05) is 74.5 Å². The molecule has 0 saturated heterocycles. The Morgan fingerprint density at radius 2 is 1.54 bits per heavy atom. The van der Waals surface area contributed by atoms with Gasteiger partial charge in [0.1, 0.15) is 12.6 Å². The maximum absolute atomic E-state index is 12.8. The zero-order chi connectivity index (χ0) is 24.9. The molecule has 0 unspecified atom stereocenters. The van der Waals surface area contributed by atoms with E-state index in [1.54, 1.807) is 12.1 Å². The van der Waals surface area contributed by atoms with Gasteiger partial charge in [0.15, 0.2) is 0 Å². The van der Waals surface area contributed by atoms with Crippen molar-refractivity contribution in [1.82, 2.24) is 10.6 Å². The summed E-state index contributed by atoms with van der Waals surface area (Å²) < 4.78 is 5.58. The van der Waals surface area contributed by atoms with E-state index >= 15 is 0 Å². The molecule has 7 heteroatoms. The number of amides is 2. The van der Waals surface area contributed by atoms with Crippen molar-refractivity contribution in [3.63, 3.8) is 0 Å². The largest absolute Gasteiger partial charge is 0.478 e. The van der Waals surface area contributed by atoms with Crippen molar-refractivity contribution in [3.8, 4) is 11.1 Å². The minimum Gasteiger partial charge on any atom is -0.478 e. The van der Waals surface area contributed by atoms with E-state index in [2.05, 4.69) is 22.8 Å². The Bertz CT molecular complexity index is 1210. The number of rotatable bonds is 8. The third kappa shape index (κ3) is 5.35. The maximum Gasteiger partial charge on any atom is 0.407 e. The number of carboxylic acids is 1. The number of hydrogen-bond donors (Lipinski definition) is 3. The first-order valence-electron chi connectivity index (χ1n) is 11.6. The van der Waals surface area contributed by atoms with Crippen LogP contribution >= 0.6 is 0 Å². The SMILES string of the molecule is CC(C)[C@@H](NC(=O)OCC1c2ccccc2-c2ccccc21)C(=O)NCc1cccc(C(=O)O)c1. The van der Waals surface area contributed by atoms with Gasteiger partial charge in [0.05, 0.1) is 5.56 Å². The molecular formula is C28H28N2O5. The summed E-state index contributed by atoms with van der Waals surface area (Å²) in [7, 11) is 0. The summed E-state index contributed by atoms with van der Waals surface area (Å²) in [6.45, 7) is 3.97. The Labute approximate surface area is 204 Å². The lowest BCUT2D eigenvalue weighted by Gasteiger charge is -2.22. The summed E-state index contributed by atoms with van der Waals surface area (Å²) >= 11 is 0. The summed E-state index contributed by atoms with van der Waals surface area (Å²) in [5, 5.41) is 14.6. The van der Waals surface area contributed by atoms with E-state index in [1.165, 1.54) is 12.1 Å². The van der Waals surface area contributed by atoms with Crippen molar-refractivity contribution in [3.05, 3.63) is 95.1 Å². The van der Waals surface area contributed by atoms with E-state index in [9.17, 15) is 14.4 Å². The van der Waals surface area contributed by atoms with Gasteiger partial charge in [-0.2, -0.15) is 0 Å². The number of benzene rings is 3. The van der Waals surface area contributed by atoms with Crippen molar-refractivity contribution in [1.29, 1.82) is 0 Å². The minimum absolute atomic E-state index is 0.0685. The molecule has 3 N–H and O–H groups in total. The first kappa shape index (κ1) is 24.0. The van der Waals surface area contributed by atoms with E-state index in [0.29, 0.717) is 5.56 Å². The molecule has 0 fully saturated rings. The molecule has 0 spiro atoms. The Morgan fingerprint density at radius 1 is 0.914 bits per heavy atom. The molecule has 0 bridgehead atoms. The van der Waals surface area contributed by atoms with E-state index in [0.717, 1.165) is 22.3 Å². The van der Waals surface area contributed by atoms with Gasteiger partial charge in [0, 0.05) is 12.5 Å². The number of alkyl carbamates (subject to hydrolysis) is 1. The van der Waals surface area contributed by atoms with Gasteiger partial charge >= 0.3 is 12.1 Å². The van der Waals surface area contributed by atoms with Crippen LogP contribution in [-0.2, 0) is 16.1 Å². The molecule has 1 aliphatic carbocycles. The summed E-state index contributed by atoms with van der Waals surface area (Å²) in [5.74, 6) is -1.65. The van der Waals surface area contributed by atoms with Crippen molar-refractivity contribution in [2.24, 2.45) is 5.92 Å². The second-order valence-corrected chi connectivity index (χ2v) is 8.91. The average Bonchev–Trinajstić information content (AvgIpc) is 3.18. The van der Waals surface area contributed by atoms with Crippen LogP contribution in [0.1, 0.15) is 46.8 Å². The fourth-order valence-corrected chi connectivity index (χ4v) is 4.42. The highest BCUT2D eigenvalue weighted by Crippen LogP contribution is 2.44. The van der Waals surface area contributed by atoms with Crippen LogP contribution in [0, 0.1) is 5.92 Å². The van der Waals surface area contributed by atoms with Crippen LogP contribution in [0.2, 0.25) is 0 Å². The normalized spacial score (nSPS) is 13.0. The third-order valence-corrected chi connectivity index (χ3v) is 6.21. The number of carboxylic acid groups (broad SMARTS) is 1. The number of carbonyl (C=O) groups excluding carboxylic acids is 2. The number of hydrogen-bond acceptors (Lipinski definition) is 4. The molecule has 2 amide bonds. The van der Waals surface area contributed by atoms with E-state index in [1.807, 2.05) is 50.2 Å². The molecule has 3 aromatic carbocycles. The molecule has 0 aromatic heterocycles. The fraction of sp³-hybridized carbons (Fsp3) is 0.250. The lowest BCUT2D eigenvalue weighted by Crippen LogP contribution is -2.49. The number of carbonyl (C=O) groups is 3. The van der Waals surface area contributed by atoms with E-state index in [4.69, 9.17) is 9.84 Å². The monoisotopic (exact) mass is 472 g/mol. The van der Waals surface area contributed by atoms with Crippen LogP contribution in [0.3, 0.4) is 0 Å². The predicted molar refractivity (Wildman–Crippen MR) is 132 cm³/mol. The zero-order valence-corrected chi connectivity index (χ0v) is 19.7. The molecule has 1 atom stereocenters. The quantitative estimate of drug-likeness (QED) is 0.446. The lowest BCUT2D eigenvalue weighted by molar-refractivity contribution is -0.124. The maximum atomic E-state index is 12.8. The summed E-state index contributed by atoms with van der Waals surface area (Å²) in [5.41, 5.74) is 5.31. The molecule has 0 aliphatic heterocycles. The van der Waals surface area contributed by atoms with Crippen LogP contribution in [0.15, 0.2) is 72.8 Å². The lowest BCUT2D eigenvalue weighted by atomic mass is 9.98. The number of fused-ring (bicyclic) bond motifs is 3. The Kier molecular flexibility index (Phi) is 7.15. The highest BCUT2D eigenvalue weighted by atomic mass is 16.5. The molecule has 0 radical (unpaired) electrons. The molecule has 180 valence electrons. The van der Waals surface area contributed by atoms with Crippen molar-refractivity contribution >= 4 is 18.0 Å². The Hall–Kier alpha value is -4.13. The summed E-state index contributed by atoms with van der Waals surface area (Å²) in [4.78, 5) is 36.6. The van der Waals surface area contributed by atoms with Crippen molar-refractivity contribution in [2.45, 2.75) is 32.4 Å². The number of nitrogens with one attached hydrogen (secondary N) is 2. The molecule has 0 heterocycles. The molecule has 7 nitrogen and oxygen atoms in total. The topological polar surface area (TPSA) is 105 Å². The van der Waals surface area contributed by atoms with Crippen LogP contribution in [0.25, 0.3) is 11.1 Å². The molecule has 0 saturated carbocycles. The molecule has 4 rings (SSSR count). The third-order valence-electron chi connectivity index (χ3n) is 6.21. The number of ether oxygens (including phenoxy) is 1. The molecular weight excluding hydrogens is 444 g/mol. The second-order valence-electron chi connectivity index (χ2n) is 8.91. The summed E-state index contributed by atoms with van der Waals surface area (Å²) in [6.07, 6.45) is -0.659. The van der Waals surface area contributed by atoms with E-state index in [-0.39, 0.29) is 36.5 Å². The fourth-order valence-electron chi connectivity index (χ4n) is 4.42. The Balaban J connectivity index is 1.37. The first-order chi connectivity index (χ1) is 16.8. The van der Waals surface area contributed by atoms with Crippen LogP contribution in [0.4, 0.5) is 4.79 Å². The van der Waals surface area contributed by atoms with Crippen molar-refractivity contribution < 1.29 is 24.2 Å². The van der Waals surface area contributed by atoms with Gasteiger partial charge in [-0.05, 0) is 45.9 Å². The number of aromatic carboxylic acids is 1. The Morgan fingerprint density at radius 3 is 2.14 bits per heavy atom. The van der Waals surface area contributed by atoms with Gasteiger partial charge in [-0.15, -0.1) is 0 Å². The average molecular weight is 473 g/mol. The minimum atomic E-state index is -1.03. The molecule has 1 aliphatic rings. The van der Waals surface area contributed by atoms with Gasteiger partial charge in [0.2, 0.25) is 5.91 Å². The van der Waals surface area contributed by atoms with E-state index < -0.39 is 18.1 Å². The summed E-state index contributed by atoms with van der Waals surface area (Å²) in [6, 6.07) is 21.7. The van der Waals surface area contributed by atoms with Gasteiger partial charge in [-0.25, -0.2) is 9.59 Å². The van der Waals surface area contributed by atoms with Crippen molar-refractivity contribution in [2.75, 3.05) is 6.61 Å². The van der Waals surface area contributed by atoms with Crippen LogP contribution in [0.5, 0.6) is 0 Å². The van der Waals surface area contributed by atoms with Gasteiger partial charge in [-0.3, -0.25) is 4.79 Å². The first-order valence-corrected chi connectivity index (χ1v) is 11.6. The van der Waals surface area contributed by atoms with Gasteiger partial charge in [0.25, 0.3) is 0 Å². The second kappa shape index (κ2) is 10.4. The highest BCUT2D eigenvalue weighted by Gasteiger charge is 2.30. The smallest absolute Gasteiger partial charge is 0.407 e. The van der Waals surface area contributed by atoms with Crippen LogP contribution < -0.4 is 10.6 Å². The zero-order valence-electron chi connectivity index (χ0n) is 19.7. The predicted octanol–water partition coefficient (Wildman–Crippen LogP) is 4.56. The highest BCUT2D eigenvalue weighted by molar-refractivity contribution is 5.88. The van der Waals surface area contributed by atoms with Crippen LogP contribution in [-0.4, -0.2) is 35.7 Å². The molecule has 35 heavy (non-hydrogen) atoms. The molecule has 3 aromatic rings. The van der Waals surface area contributed by atoms with Gasteiger partial charge < -0.3 is 20.5 Å².